The van der Waals surface area contributed by atoms with E-state index >= 15 is 0 Å². The minimum atomic E-state index is -3.87. The lowest BCUT2D eigenvalue weighted by molar-refractivity contribution is -0.142. The van der Waals surface area contributed by atoms with Crippen LogP contribution in [0.25, 0.3) is 0 Å². The largest absolute Gasteiger partial charge is 0.481 e. The van der Waals surface area contributed by atoms with Crippen molar-refractivity contribution in [3.63, 3.8) is 0 Å². The third-order valence-electron chi connectivity index (χ3n) is 3.58. The Morgan fingerprint density at radius 3 is 2.24 bits per heavy atom. The lowest BCUT2D eigenvalue weighted by Crippen LogP contribution is -2.40. The maximum atomic E-state index is 13.5. The fourth-order valence-electron chi connectivity index (χ4n) is 2.32. The second-order valence-electron chi connectivity index (χ2n) is 4.97. The fourth-order valence-corrected chi connectivity index (χ4v) is 3.92. The molecule has 2 rings (SSSR count). The molecule has 0 aromatic heterocycles. The number of carboxylic acid groups (broad SMARTS) is 1. The molecule has 5 nitrogen and oxygen atoms in total. The maximum absolute atomic E-state index is 13.5. The molecule has 21 heavy (non-hydrogen) atoms. The van der Waals surface area contributed by atoms with Gasteiger partial charge in [-0.05, 0) is 25.0 Å². The Labute approximate surface area is 121 Å². The topological polar surface area (TPSA) is 74.7 Å². The van der Waals surface area contributed by atoms with E-state index in [1.54, 1.807) is 0 Å². The van der Waals surface area contributed by atoms with Crippen molar-refractivity contribution < 1.29 is 27.1 Å². The highest BCUT2D eigenvalue weighted by Gasteiger charge is 2.32. The lowest BCUT2D eigenvalue weighted by atomic mass is 9.99. The summed E-state index contributed by atoms with van der Waals surface area (Å²) in [5.41, 5.74) is -0.488. The first-order valence-electron chi connectivity index (χ1n) is 6.45. The molecule has 0 radical (unpaired) electrons. The van der Waals surface area contributed by atoms with Crippen LogP contribution in [-0.4, -0.2) is 36.9 Å². The SMILES string of the molecule is O=C(O)C1CCN(S(=O)(=O)Cc2c(F)cccc2F)CC1. The first kappa shape index (κ1) is 15.8. The van der Waals surface area contributed by atoms with Gasteiger partial charge in [0, 0.05) is 18.7 Å². The summed E-state index contributed by atoms with van der Waals surface area (Å²) in [6, 6.07) is 3.17. The van der Waals surface area contributed by atoms with Crippen LogP contribution in [0.3, 0.4) is 0 Å². The first-order chi connectivity index (χ1) is 9.81. The molecule has 0 spiro atoms. The van der Waals surface area contributed by atoms with Gasteiger partial charge in [-0.3, -0.25) is 4.79 Å². The molecule has 0 atom stereocenters. The Morgan fingerprint density at radius 1 is 1.24 bits per heavy atom. The zero-order chi connectivity index (χ0) is 15.6. The van der Waals surface area contributed by atoms with Gasteiger partial charge < -0.3 is 5.11 Å². The van der Waals surface area contributed by atoms with E-state index in [2.05, 4.69) is 0 Å². The Hall–Kier alpha value is -1.54. The Kier molecular flexibility index (Phi) is 4.58. The van der Waals surface area contributed by atoms with E-state index in [0.717, 1.165) is 16.4 Å². The van der Waals surface area contributed by atoms with E-state index < -0.39 is 44.9 Å². The highest BCUT2D eigenvalue weighted by atomic mass is 32.2. The molecule has 8 heteroatoms. The number of piperidine rings is 1. The fraction of sp³-hybridized carbons (Fsp3) is 0.462. The maximum Gasteiger partial charge on any atom is 0.306 e. The van der Waals surface area contributed by atoms with E-state index in [9.17, 15) is 22.0 Å². The summed E-state index contributed by atoms with van der Waals surface area (Å²) >= 11 is 0. The van der Waals surface area contributed by atoms with Crippen LogP contribution >= 0.6 is 0 Å². The van der Waals surface area contributed by atoms with E-state index in [0.29, 0.717) is 0 Å². The van der Waals surface area contributed by atoms with Crippen LogP contribution in [0.4, 0.5) is 8.78 Å². The molecule has 1 N–H and O–H groups in total. The second-order valence-corrected chi connectivity index (χ2v) is 6.94. The summed E-state index contributed by atoms with van der Waals surface area (Å²) in [7, 11) is -3.87. The molecule has 0 aliphatic carbocycles. The number of hydrogen-bond donors (Lipinski definition) is 1. The van der Waals surface area contributed by atoms with Gasteiger partial charge in [-0.2, -0.15) is 0 Å². The summed E-state index contributed by atoms with van der Waals surface area (Å²) in [6.07, 6.45) is 0.405. The zero-order valence-electron chi connectivity index (χ0n) is 11.1. The molecule has 1 fully saturated rings. The lowest BCUT2D eigenvalue weighted by Gasteiger charge is -2.29. The molecule has 1 aliphatic rings. The summed E-state index contributed by atoms with van der Waals surface area (Å²) in [5, 5.41) is 8.87. The first-order valence-corrected chi connectivity index (χ1v) is 8.05. The van der Waals surface area contributed by atoms with Crippen molar-refractivity contribution >= 4 is 16.0 Å². The van der Waals surface area contributed by atoms with Crippen molar-refractivity contribution in [3.05, 3.63) is 35.4 Å². The number of aliphatic carboxylic acids is 1. The van der Waals surface area contributed by atoms with Crippen LogP contribution in [0.15, 0.2) is 18.2 Å². The molecular weight excluding hydrogens is 304 g/mol. The molecule has 1 aromatic carbocycles. The number of hydrogen-bond acceptors (Lipinski definition) is 3. The standard InChI is InChI=1S/C13H15F2NO4S/c14-11-2-1-3-12(15)10(11)8-21(19,20)16-6-4-9(5-7-16)13(17)18/h1-3,9H,4-8H2,(H,17,18). The smallest absolute Gasteiger partial charge is 0.306 e. The molecular formula is C13H15F2NO4S. The van der Waals surface area contributed by atoms with Crippen LogP contribution in [0.5, 0.6) is 0 Å². The third-order valence-corrected chi connectivity index (χ3v) is 5.39. The summed E-state index contributed by atoms with van der Waals surface area (Å²) in [4.78, 5) is 10.8. The van der Waals surface area contributed by atoms with Crippen LogP contribution in [0.1, 0.15) is 18.4 Å². The van der Waals surface area contributed by atoms with E-state index in [-0.39, 0.29) is 25.9 Å². The van der Waals surface area contributed by atoms with E-state index in [1.165, 1.54) is 6.07 Å². The predicted octanol–water partition coefficient (Wildman–Crippen LogP) is 1.59. The van der Waals surface area contributed by atoms with Crippen LogP contribution in [0, 0.1) is 17.6 Å². The number of benzene rings is 1. The monoisotopic (exact) mass is 319 g/mol. The van der Waals surface area contributed by atoms with Gasteiger partial charge in [0.25, 0.3) is 0 Å². The molecule has 0 amide bonds. The minimum Gasteiger partial charge on any atom is -0.481 e. The van der Waals surface area contributed by atoms with Crippen molar-refractivity contribution in [1.29, 1.82) is 0 Å². The van der Waals surface area contributed by atoms with Crippen molar-refractivity contribution in [2.75, 3.05) is 13.1 Å². The second kappa shape index (κ2) is 6.07. The molecule has 0 bridgehead atoms. The average molecular weight is 319 g/mol. The Bertz CT molecular complexity index is 619. The predicted molar refractivity (Wildman–Crippen MR) is 70.9 cm³/mol. The van der Waals surface area contributed by atoms with Gasteiger partial charge in [0.15, 0.2) is 0 Å². The van der Waals surface area contributed by atoms with E-state index in [4.69, 9.17) is 5.11 Å². The number of nitrogens with zero attached hydrogens (tertiary/aromatic N) is 1. The molecule has 0 saturated carbocycles. The van der Waals surface area contributed by atoms with Gasteiger partial charge in [-0.1, -0.05) is 6.07 Å². The summed E-state index contributed by atoms with van der Waals surface area (Å²) < 4.78 is 52.5. The molecule has 1 aliphatic heterocycles. The van der Waals surface area contributed by atoms with Crippen LogP contribution in [-0.2, 0) is 20.6 Å². The Balaban J connectivity index is 2.11. The normalized spacial score (nSPS) is 17.8. The van der Waals surface area contributed by atoms with Crippen molar-refractivity contribution in [2.24, 2.45) is 5.92 Å². The van der Waals surface area contributed by atoms with Gasteiger partial charge in [0.1, 0.15) is 11.6 Å². The molecule has 1 heterocycles. The van der Waals surface area contributed by atoms with Gasteiger partial charge in [-0.15, -0.1) is 0 Å². The average Bonchev–Trinajstić information content (AvgIpc) is 2.43. The molecule has 0 unspecified atom stereocenters. The van der Waals surface area contributed by atoms with Gasteiger partial charge in [0.2, 0.25) is 10.0 Å². The van der Waals surface area contributed by atoms with Crippen molar-refractivity contribution in [3.8, 4) is 0 Å². The molecule has 1 saturated heterocycles. The molecule has 1 aromatic rings. The zero-order valence-corrected chi connectivity index (χ0v) is 11.9. The number of carboxylic acids is 1. The summed E-state index contributed by atoms with van der Waals surface area (Å²) in [6.45, 7) is 0.102. The van der Waals surface area contributed by atoms with Gasteiger partial charge in [0.05, 0.1) is 11.7 Å². The highest BCUT2D eigenvalue weighted by molar-refractivity contribution is 7.88. The Morgan fingerprint density at radius 2 is 1.76 bits per heavy atom. The quantitative estimate of drug-likeness (QED) is 0.914. The number of carbonyl (C=O) groups is 1. The number of rotatable bonds is 4. The number of sulfonamides is 1. The van der Waals surface area contributed by atoms with Crippen molar-refractivity contribution in [2.45, 2.75) is 18.6 Å². The van der Waals surface area contributed by atoms with Crippen molar-refractivity contribution in [1.82, 2.24) is 4.31 Å². The van der Waals surface area contributed by atoms with Crippen LogP contribution in [0.2, 0.25) is 0 Å². The van der Waals surface area contributed by atoms with Crippen LogP contribution < -0.4 is 0 Å². The highest BCUT2D eigenvalue weighted by Crippen LogP contribution is 2.23. The van der Waals surface area contributed by atoms with E-state index in [1.807, 2.05) is 0 Å². The number of halogens is 2. The molecule has 116 valence electrons. The third kappa shape index (κ3) is 3.56. The summed E-state index contributed by atoms with van der Waals surface area (Å²) in [5.74, 6) is -4.09. The minimum absolute atomic E-state index is 0.0510. The van der Waals surface area contributed by atoms with Gasteiger partial charge >= 0.3 is 5.97 Å². The van der Waals surface area contributed by atoms with Gasteiger partial charge in [-0.25, -0.2) is 21.5 Å².